The fourth-order valence-corrected chi connectivity index (χ4v) is 4.10. The Hall–Kier alpha value is -3.34. The van der Waals surface area contributed by atoms with Crippen LogP contribution >= 0.6 is 0 Å². The van der Waals surface area contributed by atoms with Gasteiger partial charge in [-0.3, -0.25) is 9.59 Å². The van der Waals surface area contributed by atoms with Crippen LogP contribution in [-0.4, -0.2) is 23.3 Å². The largest absolute Gasteiger partial charge is 0.461 e. The molecule has 5 nitrogen and oxygen atoms in total. The molecule has 3 aromatic rings. The van der Waals surface area contributed by atoms with Crippen molar-refractivity contribution in [2.45, 2.75) is 53.0 Å². The first-order valence-corrected chi connectivity index (χ1v) is 11.5. The van der Waals surface area contributed by atoms with Crippen LogP contribution in [0.1, 0.15) is 61.9 Å². The molecule has 0 saturated carbocycles. The van der Waals surface area contributed by atoms with E-state index in [4.69, 9.17) is 4.42 Å². The lowest BCUT2D eigenvalue weighted by Crippen LogP contribution is -2.37. The summed E-state index contributed by atoms with van der Waals surface area (Å²) in [7, 11) is 0. The van der Waals surface area contributed by atoms with Crippen molar-refractivity contribution in [3.8, 4) is 11.3 Å². The van der Waals surface area contributed by atoms with Gasteiger partial charge in [0.05, 0.1) is 0 Å². The van der Waals surface area contributed by atoms with Gasteiger partial charge >= 0.3 is 0 Å². The van der Waals surface area contributed by atoms with E-state index in [9.17, 15) is 9.59 Å². The summed E-state index contributed by atoms with van der Waals surface area (Å²) in [4.78, 5) is 27.0. The summed E-state index contributed by atoms with van der Waals surface area (Å²) in [5, 5.41) is 2.99. The number of nitrogens with zero attached hydrogens (tertiary/aromatic N) is 1. The number of carbonyl (C=O) groups excluding carboxylic acids is 2. The number of nitrogens with one attached hydrogen (secondary N) is 1. The molecule has 2 aromatic carbocycles. The van der Waals surface area contributed by atoms with Gasteiger partial charge < -0.3 is 14.6 Å². The lowest BCUT2D eigenvalue weighted by Gasteiger charge is -2.27. The minimum Gasteiger partial charge on any atom is -0.461 e. The van der Waals surface area contributed by atoms with Crippen molar-refractivity contribution in [2.75, 3.05) is 11.9 Å². The van der Waals surface area contributed by atoms with Crippen molar-refractivity contribution in [1.82, 2.24) is 4.90 Å². The van der Waals surface area contributed by atoms with Crippen molar-refractivity contribution in [3.63, 3.8) is 0 Å². The van der Waals surface area contributed by atoms with E-state index in [0.29, 0.717) is 24.3 Å². The van der Waals surface area contributed by atoms with Crippen LogP contribution < -0.4 is 5.32 Å². The number of carbonyl (C=O) groups is 2. The van der Waals surface area contributed by atoms with Gasteiger partial charge in [-0.25, -0.2) is 0 Å². The summed E-state index contributed by atoms with van der Waals surface area (Å²) in [6.45, 7) is 11.6. The van der Waals surface area contributed by atoms with Gasteiger partial charge in [-0.2, -0.15) is 0 Å². The third-order valence-corrected chi connectivity index (χ3v) is 6.09. The predicted octanol–water partition coefficient (Wildman–Crippen LogP) is 6.04. The molecule has 0 unspecified atom stereocenters. The molecule has 0 aliphatic carbocycles. The highest BCUT2D eigenvalue weighted by Crippen LogP contribution is 2.31. The number of fused-ring (bicyclic) bond motifs is 1. The highest BCUT2D eigenvalue weighted by Gasteiger charge is 2.25. The number of amides is 2. The molecule has 0 spiro atoms. The fourth-order valence-electron chi connectivity index (χ4n) is 4.10. The van der Waals surface area contributed by atoms with Gasteiger partial charge in [0, 0.05) is 47.8 Å². The van der Waals surface area contributed by atoms with Crippen LogP contribution in [0, 0.1) is 5.92 Å². The van der Waals surface area contributed by atoms with E-state index < -0.39 is 0 Å². The van der Waals surface area contributed by atoms with Crippen molar-refractivity contribution in [3.05, 3.63) is 77.0 Å². The Labute approximate surface area is 195 Å². The summed E-state index contributed by atoms with van der Waals surface area (Å²) in [6, 6.07) is 17.4. The highest BCUT2D eigenvalue weighted by atomic mass is 16.3. The molecular formula is C28H32N2O3. The average Bonchev–Trinajstić information content (AvgIpc) is 3.21. The molecule has 2 amide bonds. The summed E-state index contributed by atoms with van der Waals surface area (Å²) >= 11 is 0. The van der Waals surface area contributed by atoms with E-state index in [2.05, 4.69) is 26.1 Å². The Morgan fingerprint density at radius 3 is 2.42 bits per heavy atom. The number of hydrogen-bond donors (Lipinski definition) is 1. The maximum atomic E-state index is 12.8. The maximum absolute atomic E-state index is 12.8. The molecule has 0 saturated heterocycles. The Morgan fingerprint density at radius 2 is 1.76 bits per heavy atom. The van der Waals surface area contributed by atoms with Crippen molar-refractivity contribution >= 4 is 17.5 Å². The first-order chi connectivity index (χ1) is 15.6. The van der Waals surface area contributed by atoms with Crippen LogP contribution in [0.2, 0.25) is 0 Å². The molecule has 1 aliphatic rings. The van der Waals surface area contributed by atoms with Gasteiger partial charge in [-0.1, -0.05) is 58.9 Å². The average molecular weight is 445 g/mol. The molecule has 2 heterocycles. The van der Waals surface area contributed by atoms with E-state index in [1.807, 2.05) is 73.3 Å². The van der Waals surface area contributed by atoms with Crippen LogP contribution in [0.4, 0.5) is 5.69 Å². The molecular weight excluding hydrogens is 412 g/mol. The molecule has 4 rings (SSSR count). The zero-order valence-corrected chi connectivity index (χ0v) is 20.1. The zero-order valence-electron chi connectivity index (χ0n) is 20.1. The topological polar surface area (TPSA) is 62.6 Å². The number of anilines is 1. The van der Waals surface area contributed by atoms with E-state index in [-0.39, 0.29) is 23.1 Å². The summed E-state index contributed by atoms with van der Waals surface area (Å²) in [6.07, 6.45) is 0.717. The van der Waals surface area contributed by atoms with Crippen LogP contribution in [0.25, 0.3) is 11.3 Å². The van der Waals surface area contributed by atoms with E-state index in [1.165, 1.54) is 5.56 Å². The minimum atomic E-state index is -0.144. The number of benzene rings is 2. The first kappa shape index (κ1) is 22.8. The van der Waals surface area contributed by atoms with Gasteiger partial charge in [-0.15, -0.1) is 0 Å². The van der Waals surface area contributed by atoms with E-state index in [0.717, 1.165) is 29.1 Å². The molecule has 0 bridgehead atoms. The minimum absolute atomic E-state index is 0.0112. The van der Waals surface area contributed by atoms with Gasteiger partial charge in [0.15, 0.2) is 0 Å². The maximum Gasteiger partial charge on any atom is 0.255 e. The van der Waals surface area contributed by atoms with Crippen molar-refractivity contribution < 1.29 is 14.0 Å². The number of furan rings is 1. The Bertz CT molecular complexity index is 1170. The molecule has 0 fully saturated rings. The number of hydrogen-bond acceptors (Lipinski definition) is 3. The molecule has 33 heavy (non-hydrogen) atoms. The second kappa shape index (κ2) is 8.89. The van der Waals surface area contributed by atoms with Crippen molar-refractivity contribution in [1.29, 1.82) is 0 Å². The Balaban J connectivity index is 1.49. The monoisotopic (exact) mass is 444 g/mol. The second-order valence-corrected chi connectivity index (χ2v) is 10.1. The van der Waals surface area contributed by atoms with Crippen molar-refractivity contribution in [2.24, 2.45) is 5.92 Å². The van der Waals surface area contributed by atoms with Gasteiger partial charge in [0.25, 0.3) is 5.91 Å². The van der Waals surface area contributed by atoms with Crippen LogP contribution in [-0.2, 0) is 23.2 Å². The van der Waals surface area contributed by atoms with Crippen LogP contribution in [0.3, 0.4) is 0 Å². The molecule has 0 radical (unpaired) electrons. The van der Waals surface area contributed by atoms with Gasteiger partial charge in [0.2, 0.25) is 5.91 Å². The van der Waals surface area contributed by atoms with Gasteiger partial charge in [0.1, 0.15) is 11.5 Å². The van der Waals surface area contributed by atoms with Gasteiger partial charge in [-0.05, 0) is 41.3 Å². The molecule has 1 aliphatic heterocycles. The predicted molar refractivity (Wildman–Crippen MR) is 131 cm³/mol. The third kappa shape index (κ3) is 5.03. The Morgan fingerprint density at radius 1 is 1.03 bits per heavy atom. The highest BCUT2D eigenvalue weighted by molar-refractivity contribution is 6.04. The molecule has 1 N–H and O–H groups in total. The van der Waals surface area contributed by atoms with E-state index >= 15 is 0 Å². The first-order valence-electron chi connectivity index (χ1n) is 11.5. The number of rotatable bonds is 4. The van der Waals surface area contributed by atoms with E-state index in [1.54, 1.807) is 0 Å². The molecule has 0 atom stereocenters. The third-order valence-electron chi connectivity index (χ3n) is 6.09. The summed E-state index contributed by atoms with van der Waals surface area (Å²) < 4.78 is 6.12. The Kier molecular flexibility index (Phi) is 6.15. The SMILES string of the molecule is CC(C)C(=O)N1CCc2oc(-c3cccc(NC(=O)c4ccc(C(C)(C)C)cc4)c3)cc2C1. The zero-order chi connectivity index (χ0) is 23.8. The summed E-state index contributed by atoms with van der Waals surface area (Å²) in [5.74, 6) is 1.70. The molecule has 172 valence electrons. The van der Waals surface area contributed by atoms with Crippen LogP contribution in [0.15, 0.2) is 59.0 Å². The summed E-state index contributed by atoms with van der Waals surface area (Å²) in [5.41, 5.74) is 4.52. The normalized spacial score (nSPS) is 13.7. The molecule has 5 heteroatoms. The smallest absolute Gasteiger partial charge is 0.255 e. The lowest BCUT2D eigenvalue weighted by atomic mass is 9.87. The lowest BCUT2D eigenvalue weighted by molar-refractivity contribution is -0.135. The molecule has 1 aromatic heterocycles. The fraction of sp³-hybridized carbons (Fsp3) is 0.357. The standard InChI is InChI=1S/C28H32N2O3/c1-18(2)27(32)30-14-13-24-21(17-30)16-25(33-24)20-7-6-8-23(15-20)29-26(31)19-9-11-22(12-10-19)28(3,4)5/h6-12,15-16,18H,13-14,17H2,1-5H3,(H,29,31). The second-order valence-electron chi connectivity index (χ2n) is 10.1. The van der Waals surface area contributed by atoms with Crippen LogP contribution in [0.5, 0.6) is 0 Å². The quantitative estimate of drug-likeness (QED) is 0.534.